The fourth-order valence-electron chi connectivity index (χ4n) is 4.27. The number of ether oxygens (including phenoxy) is 2. The molecule has 4 rings (SSSR count). The van der Waals surface area contributed by atoms with Crippen LogP contribution in [-0.2, 0) is 11.2 Å². The van der Waals surface area contributed by atoms with E-state index in [4.69, 9.17) is 9.47 Å². The maximum atomic E-state index is 12.4. The number of nitrogens with zero attached hydrogens (tertiary/aromatic N) is 2. The largest absolute Gasteiger partial charge is 0.497 e. The first kappa shape index (κ1) is 18.8. The van der Waals surface area contributed by atoms with E-state index in [1.807, 2.05) is 24.3 Å². The first-order chi connectivity index (χ1) is 13.7. The van der Waals surface area contributed by atoms with Crippen molar-refractivity contribution >= 4 is 11.8 Å². The van der Waals surface area contributed by atoms with Crippen molar-refractivity contribution in [2.75, 3.05) is 31.6 Å². The van der Waals surface area contributed by atoms with Crippen LogP contribution in [0.15, 0.2) is 54.6 Å². The first-order valence-corrected chi connectivity index (χ1v) is 10.1. The molecular weight excluding hydrogens is 352 g/mol. The molecule has 0 aliphatic carbocycles. The van der Waals surface area contributed by atoms with Gasteiger partial charge in [-0.2, -0.15) is 0 Å². The highest BCUT2D eigenvalue weighted by atomic mass is 16.6. The zero-order chi connectivity index (χ0) is 19.3. The van der Waals surface area contributed by atoms with Gasteiger partial charge in [-0.3, -0.25) is 9.80 Å². The van der Waals surface area contributed by atoms with Gasteiger partial charge in [0.25, 0.3) is 0 Å². The summed E-state index contributed by atoms with van der Waals surface area (Å²) in [5.74, 6) is 0.782. The monoisotopic (exact) mass is 380 g/mol. The molecule has 2 unspecified atom stereocenters. The van der Waals surface area contributed by atoms with Crippen LogP contribution in [0.5, 0.6) is 5.75 Å². The number of piperidine rings is 1. The van der Waals surface area contributed by atoms with E-state index >= 15 is 0 Å². The number of anilines is 1. The Morgan fingerprint density at radius 2 is 1.86 bits per heavy atom. The van der Waals surface area contributed by atoms with Gasteiger partial charge < -0.3 is 9.47 Å². The number of carbonyl (C=O) groups is 1. The van der Waals surface area contributed by atoms with Crippen LogP contribution in [0.4, 0.5) is 10.5 Å². The van der Waals surface area contributed by atoms with Gasteiger partial charge in [-0.25, -0.2) is 4.79 Å². The van der Waals surface area contributed by atoms with Gasteiger partial charge >= 0.3 is 6.09 Å². The lowest BCUT2D eigenvalue weighted by atomic mass is 9.95. The smallest absolute Gasteiger partial charge is 0.414 e. The number of methoxy groups -OCH3 is 1. The minimum absolute atomic E-state index is 0.0917. The fourth-order valence-corrected chi connectivity index (χ4v) is 4.27. The van der Waals surface area contributed by atoms with Gasteiger partial charge in [0.05, 0.1) is 13.7 Å². The Morgan fingerprint density at radius 1 is 1.07 bits per heavy atom. The van der Waals surface area contributed by atoms with Gasteiger partial charge in [0, 0.05) is 18.3 Å². The van der Waals surface area contributed by atoms with Crippen LogP contribution in [0.25, 0.3) is 0 Å². The normalized spacial score (nSPS) is 22.9. The first-order valence-electron chi connectivity index (χ1n) is 10.1. The second-order valence-electron chi connectivity index (χ2n) is 7.65. The van der Waals surface area contributed by atoms with Gasteiger partial charge in [-0.15, -0.1) is 0 Å². The molecule has 0 spiro atoms. The highest BCUT2D eigenvalue weighted by Gasteiger charge is 2.35. The second-order valence-corrected chi connectivity index (χ2v) is 7.65. The average Bonchev–Trinajstić information content (AvgIpc) is 3.10. The molecule has 2 saturated heterocycles. The minimum Gasteiger partial charge on any atom is -0.497 e. The minimum atomic E-state index is -0.258. The molecule has 2 aliphatic rings. The summed E-state index contributed by atoms with van der Waals surface area (Å²) in [4.78, 5) is 16.7. The topological polar surface area (TPSA) is 42.0 Å². The zero-order valence-corrected chi connectivity index (χ0v) is 16.4. The summed E-state index contributed by atoms with van der Waals surface area (Å²) in [6, 6.07) is 18.7. The quantitative estimate of drug-likeness (QED) is 0.756. The number of cyclic esters (lactones) is 1. The number of likely N-dealkylation sites (tertiary alicyclic amines) is 1. The summed E-state index contributed by atoms with van der Waals surface area (Å²) >= 11 is 0. The van der Waals surface area contributed by atoms with Crippen LogP contribution >= 0.6 is 0 Å². The SMILES string of the molecule is COc1ccc(N2CC(CN3CCCCC3Cc3ccccc3)OC2=O)cc1. The zero-order valence-electron chi connectivity index (χ0n) is 16.4. The van der Waals surface area contributed by atoms with E-state index in [2.05, 4.69) is 35.2 Å². The second kappa shape index (κ2) is 8.65. The van der Waals surface area contributed by atoms with E-state index in [9.17, 15) is 4.79 Å². The van der Waals surface area contributed by atoms with Crippen molar-refractivity contribution in [3.05, 3.63) is 60.2 Å². The summed E-state index contributed by atoms with van der Waals surface area (Å²) in [7, 11) is 1.64. The van der Waals surface area contributed by atoms with E-state index in [-0.39, 0.29) is 12.2 Å². The predicted octanol–water partition coefficient (Wildman–Crippen LogP) is 4.12. The van der Waals surface area contributed by atoms with E-state index in [0.717, 1.165) is 30.9 Å². The van der Waals surface area contributed by atoms with Crippen LogP contribution in [0, 0.1) is 0 Å². The molecule has 0 saturated carbocycles. The molecule has 0 bridgehead atoms. The van der Waals surface area contributed by atoms with E-state index in [1.54, 1.807) is 12.0 Å². The van der Waals surface area contributed by atoms with Crippen LogP contribution in [0.3, 0.4) is 0 Å². The molecular formula is C23H28N2O3. The summed E-state index contributed by atoms with van der Waals surface area (Å²) in [6.45, 7) is 2.48. The average molecular weight is 380 g/mol. The molecule has 0 aromatic heterocycles. The lowest BCUT2D eigenvalue weighted by Crippen LogP contribution is -2.45. The van der Waals surface area contributed by atoms with Crippen LogP contribution in [0.1, 0.15) is 24.8 Å². The maximum absolute atomic E-state index is 12.4. The Morgan fingerprint density at radius 3 is 2.61 bits per heavy atom. The number of hydrogen-bond acceptors (Lipinski definition) is 4. The highest BCUT2D eigenvalue weighted by molar-refractivity contribution is 5.89. The molecule has 28 heavy (non-hydrogen) atoms. The van der Waals surface area contributed by atoms with E-state index in [1.165, 1.54) is 24.8 Å². The van der Waals surface area contributed by atoms with Crippen LogP contribution in [0.2, 0.25) is 0 Å². The third-order valence-electron chi connectivity index (χ3n) is 5.76. The summed E-state index contributed by atoms with van der Waals surface area (Å²) in [5, 5.41) is 0. The molecule has 2 aliphatic heterocycles. The van der Waals surface area contributed by atoms with Crippen molar-refractivity contribution in [2.45, 2.75) is 37.8 Å². The lowest BCUT2D eigenvalue weighted by molar-refractivity contribution is 0.0727. The Hall–Kier alpha value is -2.53. The molecule has 5 nitrogen and oxygen atoms in total. The fraction of sp³-hybridized carbons (Fsp3) is 0.435. The van der Waals surface area contributed by atoms with Gasteiger partial charge in [0.2, 0.25) is 0 Å². The van der Waals surface area contributed by atoms with Gasteiger partial charge in [-0.1, -0.05) is 36.8 Å². The highest BCUT2D eigenvalue weighted by Crippen LogP contribution is 2.26. The molecule has 2 heterocycles. The predicted molar refractivity (Wildman–Crippen MR) is 110 cm³/mol. The Balaban J connectivity index is 1.39. The standard InChI is InChI=1S/C23H28N2O3/c1-27-21-12-10-19(11-13-21)25-17-22(28-23(25)26)16-24-14-6-5-9-20(24)15-18-7-3-2-4-8-18/h2-4,7-8,10-13,20,22H,5-6,9,14-17H2,1H3. The van der Waals surface area contributed by atoms with Crippen LogP contribution in [-0.4, -0.2) is 49.9 Å². The molecule has 148 valence electrons. The van der Waals surface area contributed by atoms with Gasteiger partial charge in [0.1, 0.15) is 11.9 Å². The number of rotatable bonds is 6. The number of hydrogen-bond donors (Lipinski definition) is 0. The molecule has 0 radical (unpaired) electrons. The third kappa shape index (κ3) is 4.30. The Kier molecular flexibility index (Phi) is 5.81. The summed E-state index contributed by atoms with van der Waals surface area (Å²) < 4.78 is 10.9. The van der Waals surface area contributed by atoms with Crippen molar-refractivity contribution in [3.8, 4) is 5.75 Å². The van der Waals surface area contributed by atoms with Gasteiger partial charge in [-0.05, 0) is 55.6 Å². The van der Waals surface area contributed by atoms with Crippen LogP contribution < -0.4 is 9.64 Å². The molecule has 2 atom stereocenters. The molecule has 2 fully saturated rings. The molecule has 0 N–H and O–H groups in total. The van der Waals surface area contributed by atoms with E-state index in [0.29, 0.717) is 12.6 Å². The number of carbonyl (C=O) groups excluding carboxylic acids is 1. The molecule has 1 amide bonds. The molecule has 5 heteroatoms. The Labute approximate surface area is 166 Å². The molecule has 2 aromatic carbocycles. The summed E-state index contributed by atoms with van der Waals surface area (Å²) in [6.07, 6.45) is 4.41. The number of amides is 1. The van der Waals surface area contributed by atoms with Crippen molar-refractivity contribution in [3.63, 3.8) is 0 Å². The van der Waals surface area contributed by atoms with Crippen molar-refractivity contribution < 1.29 is 14.3 Å². The van der Waals surface area contributed by atoms with Crippen molar-refractivity contribution in [2.24, 2.45) is 0 Å². The summed E-state index contributed by atoms with van der Waals surface area (Å²) in [5.41, 5.74) is 2.23. The third-order valence-corrected chi connectivity index (χ3v) is 5.76. The lowest BCUT2D eigenvalue weighted by Gasteiger charge is -2.36. The number of benzene rings is 2. The molecule has 2 aromatic rings. The Bertz CT molecular complexity index is 778. The maximum Gasteiger partial charge on any atom is 0.414 e. The van der Waals surface area contributed by atoms with Gasteiger partial charge in [0.15, 0.2) is 0 Å². The van der Waals surface area contributed by atoms with Crippen molar-refractivity contribution in [1.82, 2.24) is 4.90 Å². The van der Waals surface area contributed by atoms with E-state index < -0.39 is 0 Å². The van der Waals surface area contributed by atoms with Crippen molar-refractivity contribution in [1.29, 1.82) is 0 Å².